The van der Waals surface area contributed by atoms with Crippen LogP contribution in [0.5, 0.6) is 0 Å². The van der Waals surface area contributed by atoms with Gasteiger partial charge < -0.3 is 20.0 Å². The minimum absolute atomic E-state index is 1.11. The summed E-state index contributed by atoms with van der Waals surface area (Å²) in [5, 5.41) is 3.53. The van der Waals surface area contributed by atoms with Crippen molar-refractivity contribution in [2.75, 3.05) is 74.0 Å². The standard InChI is InChI=1S/C14H34N4/c1-6-18(13-8-12-17(4)5)14-10-15-9-7-11-16(2)3/h15H,6-14H2,1-5H3. The molecule has 0 aliphatic rings. The molecule has 0 fully saturated rings. The lowest BCUT2D eigenvalue weighted by atomic mass is 10.3. The van der Waals surface area contributed by atoms with Crippen LogP contribution in [-0.2, 0) is 0 Å². The molecule has 0 heterocycles. The number of hydrogen-bond donors (Lipinski definition) is 1. The monoisotopic (exact) mass is 258 g/mol. The maximum absolute atomic E-state index is 3.53. The predicted molar refractivity (Wildman–Crippen MR) is 81.3 cm³/mol. The van der Waals surface area contributed by atoms with Gasteiger partial charge in [-0.2, -0.15) is 0 Å². The highest BCUT2D eigenvalue weighted by atomic mass is 15.1. The van der Waals surface area contributed by atoms with E-state index in [2.05, 4.69) is 55.1 Å². The van der Waals surface area contributed by atoms with E-state index in [0.717, 1.165) is 19.6 Å². The van der Waals surface area contributed by atoms with Crippen molar-refractivity contribution in [2.45, 2.75) is 19.8 Å². The SMILES string of the molecule is CCN(CCCN(C)C)CCNCCCN(C)C. The van der Waals surface area contributed by atoms with E-state index in [1.807, 2.05) is 0 Å². The van der Waals surface area contributed by atoms with E-state index in [4.69, 9.17) is 0 Å². The normalized spacial score (nSPS) is 12.0. The molecule has 0 amide bonds. The zero-order valence-electron chi connectivity index (χ0n) is 13.2. The zero-order valence-corrected chi connectivity index (χ0v) is 13.2. The highest BCUT2D eigenvalue weighted by Crippen LogP contribution is 1.92. The van der Waals surface area contributed by atoms with Gasteiger partial charge in [0.15, 0.2) is 0 Å². The summed E-state index contributed by atoms with van der Waals surface area (Å²) in [6.07, 6.45) is 2.50. The number of nitrogens with one attached hydrogen (secondary N) is 1. The van der Waals surface area contributed by atoms with Crippen LogP contribution in [0.1, 0.15) is 19.8 Å². The lowest BCUT2D eigenvalue weighted by Crippen LogP contribution is -2.34. The molecule has 0 radical (unpaired) electrons. The summed E-state index contributed by atoms with van der Waals surface area (Å²) in [6.45, 7) is 10.4. The van der Waals surface area contributed by atoms with Crippen LogP contribution >= 0.6 is 0 Å². The number of likely N-dealkylation sites (N-methyl/N-ethyl adjacent to an activating group) is 1. The van der Waals surface area contributed by atoms with E-state index >= 15 is 0 Å². The first-order valence-corrected chi connectivity index (χ1v) is 7.28. The molecule has 0 spiro atoms. The Morgan fingerprint density at radius 3 is 1.89 bits per heavy atom. The maximum Gasteiger partial charge on any atom is 0.0107 e. The maximum atomic E-state index is 3.53. The van der Waals surface area contributed by atoms with E-state index in [1.165, 1.54) is 39.0 Å². The number of nitrogens with zero attached hydrogens (tertiary/aromatic N) is 3. The van der Waals surface area contributed by atoms with Gasteiger partial charge in [0.1, 0.15) is 0 Å². The molecule has 0 rings (SSSR count). The Balaban J connectivity index is 3.38. The van der Waals surface area contributed by atoms with Crippen molar-refractivity contribution < 1.29 is 0 Å². The van der Waals surface area contributed by atoms with E-state index in [-0.39, 0.29) is 0 Å². The van der Waals surface area contributed by atoms with Crippen molar-refractivity contribution in [1.82, 2.24) is 20.0 Å². The van der Waals surface area contributed by atoms with Gasteiger partial charge in [-0.25, -0.2) is 0 Å². The van der Waals surface area contributed by atoms with Gasteiger partial charge in [0.25, 0.3) is 0 Å². The number of rotatable bonds is 12. The third-order valence-corrected chi connectivity index (χ3v) is 3.09. The van der Waals surface area contributed by atoms with Gasteiger partial charge >= 0.3 is 0 Å². The molecule has 0 aromatic heterocycles. The van der Waals surface area contributed by atoms with E-state index < -0.39 is 0 Å². The summed E-state index contributed by atoms with van der Waals surface area (Å²) in [4.78, 5) is 7.02. The van der Waals surface area contributed by atoms with E-state index in [1.54, 1.807) is 0 Å². The summed E-state index contributed by atoms with van der Waals surface area (Å²) in [6, 6.07) is 0. The Kier molecular flexibility index (Phi) is 11.8. The second kappa shape index (κ2) is 11.9. The molecule has 4 nitrogen and oxygen atoms in total. The fourth-order valence-electron chi connectivity index (χ4n) is 1.92. The number of hydrogen-bond acceptors (Lipinski definition) is 4. The molecular weight excluding hydrogens is 224 g/mol. The van der Waals surface area contributed by atoms with Crippen molar-refractivity contribution in [3.8, 4) is 0 Å². The van der Waals surface area contributed by atoms with Gasteiger partial charge in [-0.1, -0.05) is 6.92 Å². The van der Waals surface area contributed by atoms with Gasteiger partial charge in [0, 0.05) is 13.1 Å². The molecule has 0 unspecified atom stereocenters. The second-order valence-corrected chi connectivity index (χ2v) is 5.50. The lowest BCUT2D eigenvalue weighted by molar-refractivity contribution is 0.265. The molecule has 0 aromatic rings. The van der Waals surface area contributed by atoms with E-state index in [9.17, 15) is 0 Å². The topological polar surface area (TPSA) is 21.8 Å². The van der Waals surface area contributed by atoms with Gasteiger partial charge in [-0.3, -0.25) is 0 Å². The molecule has 1 N–H and O–H groups in total. The van der Waals surface area contributed by atoms with Crippen LogP contribution in [0.15, 0.2) is 0 Å². The van der Waals surface area contributed by atoms with Crippen molar-refractivity contribution in [3.63, 3.8) is 0 Å². The molecule has 0 atom stereocenters. The highest BCUT2D eigenvalue weighted by molar-refractivity contribution is 4.60. The minimum atomic E-state index is 1.11. The van der Waals surface area contributed by atoms with Crippen molar-refractivity contribution in [2.24, 2.45) is 0 Å². The molecule has 18 heavy (non-hydrogen) atoms. The third kappa shape index (κ3) is 12.3. The molecule has 0 aromatic carbocycles. The molecule has 4 heteroatoms. The molecule has 110 valence electrons. The zero-order chi connectivity index (χ0) is 13.8. The minimum Gasteiger partial charge on any atom is -0.315 e. The van der Waals surface area contributed by atoms with Crippen LogP contribution in [-0.4, -0.2) is 88.7 Å². The Bertz CT molecular complexity index is 171. The fourth-order valence-corrected chi connectivity index (χ4v) is 1.92. The molecule has 0 bridgehead atoms. The lowest BCUT2D eigenvalue weighted by Gasteiger charge is -2.21. The fraction of sp³-hybridized carbons (Fsp3) is 1.00. The van der Waals surface area contributed by atoms with Crippen LogP contribution in [0.2, 0.25) is 0 Å². The van der Waals surface area contributed by atoms with Crippen molar-refractivity contribution in [1.29, 1.82) is 0 Å². The largest absolute Gasteiger partial charge is 0.315 e. The van der Waals surface area contributed by atoms with Gasteiger partial charge in [-0.15, -0.1) is 0 Å². The predicted octanol–water partition coefficient (Wildman–Crippen LogP) is 0.801. The summed E-state index contributed by atoms with van der Waals surface area (Å²) in [5.74, 6) is 0. The summed E-state index contributed by atoms with van der Waals surface area (Å²) in [7, 11) is 8.54. The highest BCUT2D eigenvalue weighted by Gasteiger charge is 2.01. The first kappa shape index (κ1) is 17.8. The van der Waals surface area contributed by atoms with Crippen LogP contribution in [0.3, 0.4) is 0 Å². The van der Waals surface area contributed by atoms with Gasteiger partial charge in [0.2, 0.25) is 0 Å². The first-order chi connectivity index (χ1) is 8.56. The van der Waals surface area contributed by atoms with Gasteiger partial charge in [0.05, 0.1) is 0 Å². The smallest absolute Gasteiger partial charge is 0.0107 e. The summed E-state index contributed by atoms with van der Waals surface area (Å²) >= 11 is 0. The molecule has 0 aliphatic carbocycles. The average Bonchev–Trinajstić information content (AvgIpc) is 2.30. The van der Waals surface area contributed by atoms with Crippen molar-refractivity contribution in [3.05, 3.63) is 0 Å². The Hall–Kier alpha value is -0.160. The molecule has 0 saturated heterocycles. The van der Waals surface area contributed by atoms with Crippen LogP contribution in [0.4, 0.5) is 0 Å². The van der Waals surface area contributed by atoms with Crippen LogP contribution in [0, 0.1) is 0 Å². The first-order valence-electron chi connectivity index (χ1n) is 7.28. The van der Waals surface area contributed by atoms with Crippen LogP contribution < -0.4 is 5.32 Å². The Labute approximate surface area is 114 Å². The molecule has 0 saturated carbocycles. The second-order valence-electron chi connectivity index (χ2n) is 5.50. The molecule has 0 aliphatic heterocycles. The summed E-state index contributed by atoms with van der Waals surface area (Å²) in [5.41, 5.74) is 0. The average molecular weight is 258 g/mol. The van der Waals surface area contributed by atoms with Gasteiger partial charge in [-0.05, 0) is 73.8 Å². The third-order valence-electron chi connectivity index (χ3n) is 3.09. The molecular formula is C14H34N4. The Morgan fingerprint density at radius 1 is 0.722 bits per heavy atom. The van der Waals surface area contributed by atoms with Crippen molar-refractivity contribution >= 4 is 0 Å². The Morgan fingerprint density at radius 2 is 1.33 bits per heavy atom. The van der Waals surface area contributed by atoms with Crippen LogP contribution in [0.25, 0.3) is 0 Å². The quantitative estimate of drug-likeness (QED) is 0.523. The summed E-state index contributed by atoms with van der Waals surface area (Å²) < 4.78 is 0. The van der Waals surface area contributed by atoms with E-state index in [0.29, 0.717) is 0 Å².